The van der Waals surface area contributed by atoms with Crippen LogP contribution in [0.5, 0.6) is 0 Å². The van der Waals surface area contributed by atoms with E-state index in [2.05, 4.69) is 4.98 Å². The van der Waals surface area contributed by atoms with Crippen molar-refractivity contribution in [3.8, 4) is 0 Å². The van der Waals surface area contributed by atoms with E-state index in [4.69, 9.17) is 11.6 Å². The number of halogens is 2. The molecule has 0 fully saturated rings. The van der Waals surface area contributed by atoms with Gasteiger partial charge in [-0.25, -0.2) is 4.39 Å². The Hall–Kier alpha value is -1.54. The van der Waals surface area contributed by atoms with Crippen LogP contribution in [0.15, 0.2) is 36.4 Å². The summed E-state index contributed by atoms with van der Waals surface area (Å²) in [4.78, 5) is 3.19. The summed E-state index contributed by atoms with van der Waals surface area (Å²) in [6.07, 6.45) is 0. The third-order valence-electron chi connectivity index (χ3n) is 2.52. The maximum Gasteiger partial charge on any atom is 0.123 e. The van der Waals surface area contributed by atoms with E-state index in [0.717, 1.165) is 21.8 Å². The van der Waals surface area contributed by atoms with Crippen LogP contribution in [0.3, 0.4) is 0 Å². The average molecular weight is 220 g/mol. The Bertz CT molecular complexity index is 657. The second-order valence-electron chi connectivity index (χ2n) is 3.50. The molecule has 15 heavy (non-hydrogen) atoms. The topological polar surface area (TPSA) is 15.8 Å². The summed E-state index contributed by atoms with van der Waals surface area (Å²) in [6.45, 7) is 0. The van der Waals surface area contributed by atoms with Gasteiger partial charge in [0.15, 0.2) is 0 Å². The second-order valence-corrected chi connectivity index (χ2v) is 3.94. The average Bonchev–Trinajstić information content (AvgIpc) is 2.54. The minimum absolute atomic E-state index is 0.224. The van der Waals surface area contributed by atoms with Gasteiger partial charge in [-0.05, 0) is 30.3 Å². The normalized spacial score (nSPS) is 11.3. The van der Waals surface area contributed by atoms with Gasteiger partial charge in [0, 0.05) is 26.8 Å². The second kappa shape index (κ2) is 2.97. The van der Waals surface area contributed by atoms with Gasteiger partial charge >= 0.3 is 0 Å². The Balaban J connectivity index is 2.53. The molecule has 0 aliphatic carbocycles. The van der Waals surface area contributed by atoms with Crippen molar-refractivity contribution >= 4 is 33.4 Å². The number of H-pyrrole nitrogens is 1. The zero-order chi connectivity index (χ0) is 10.4. The number of rotatable bonds is 0. The fourth-order valence-electron chi connectivity index (χ4n) is 1.85. The minimum atomic E-state index is -0.224. The summed E-state index contributed by atoms with van der Waals surface area (Å²) in [5, 5.41) is 2.56. The number of nitrogens with one attached hydrogen (secondary N) is 1. The van der Waals surface area contributed by atoms with Gasteiger partial charge in [-0.3, -0.25) is 0 Å². The van der Waals surface area contributed by atoms with Gasteiger partial charge in [-0.1, -0.05) is 17.7 Å². The molecule has 3 heteroatoms. The lowest BCUT2D eigenvalue weighted by molar-refractivity contribution is 0.630. The fraction of sp³-hybridized carbons (Fsp3) is 0. The van der Waals surface area contributed by atoms with E-state index >= 15 is 0 Å². The summed E-state index contributed by atoms with van der Waals surface area (Å²) in [5.41, 5.74) is 1.86. The smallest absolute Gasteiger partial charge is 0.123 e. The zero-order valence-corrected chi connectivity index (χ0v) is 8.48. The molecular weight excluding hydrogens is 213 g/mol. The van der Waals surface area contributed by atoms with Crippen LogP contribution in [0.2, 0.25) is 5.02 Å². The first-order valence-corrected chi connectivity index (χ1v) is 4.98. The standard InChI is InChI=1S/C12H7ClFN/c13-7-1-3-9-10-6-8(14)2-4-11(10)15-12(9)5-7/h1-6,15H. The quantitative estimate of drug-likeness (QED) is 0.586. The number of hydrogen-bond donors (Lipinski definition) is 1. The molecule has 0 saturated heterocycles. The summed E-state index contributed by atoms with van der Waals surface area (Å²) in [5.74, 6) is -0.224. The third kappa shape index (κ3) is 1.29. The summed E-state index contributed by atoms with van der Waals surface area (Å²) >= 11 is 5.88. The van der Waals surface area contributed by atoms with Crippen LogP contribution in [-0.4, -0.2) is 4.98 Å². The largest absolute Gasteiger partial charge is 0.354 e. The maximum atomic E-state index is 13.1. The molecule has 0 atom stereocenters. The number of benzene rings is 2. The summed E-state index contributed by atoms with van der Waals surface area (Å²) in [6, 6.07) is 10.3. The Kier molecular flexibility index (Phi) is 1.73. The van der Waals surface area contributed by atoms with Crippen molar-refractivity contribution in [2.45, 2.75) is 0 Å². The van der Waals surface area contributed by atoms with Gasteiger partial charge < -0.3 is 4.98 Å². The molecule has 0 saturated carbocycles. The van der Waals surface area contributed by atoms with Crippen LogP contribution >= 0.6 is 11.6 Å². The number of aromatic nitrogens is 1. The Morgan fingerprint density at radius 1 is 0.933 bits per heavy atom. The summed E-state index contributed by atoms with van der Waals surface area (Å²) in [7, 11) is 0. The molecule has 1 nitrogen and oxygen atoms in total. The van der Waals surface area contributed by atoms with Crippen molar-refractivity contribution in [3.05, 3.63) is 47.2 Å². The molecule has 0 amide bonds. The lowest BCUT2D eigenvalue weighted by atomic mass is 10.1. The third-order valence-corrected chi connectivity index (χ3v) is 2.76. The fourth-order valence-corrected chi connectivity index (χ4v) is 2.02. The van der Waals surface area contributed by atoms with Crippen molar-refractivity contribution in [1.82, 2.24) is 4.98 Å². The van der Waals surface area contributed by atoms with Crippen molar-refractivity contribution in [2.24, 2.45) is 0 Å². The van der Waals surface area contributed by atoms with Crippen LogP contribution < -0.4 is 0 Å². The molecule has 3 aromatic rings. The lowest BCUT2D eigenvalue weighted by Gasteiger charge is -1.91. The molecule has 1 heterocycles. The van der Waals surface area contributed by atoms with Crippen molar-refractivity contribution in [1.29, 1.82) is 0 Å². The van der Waals surface area contributed by atoms with Gasteiger partial charge in [-0.2, -0.15) is 0 Å². The predicted octanol–water partition coefficient (Wildman–Crippen LogP) is 4.11. The number of hydrogen-bond acceptors (Lipinski definition) is 0. The maximum absolute atomic E-state index is 13.1. The molecule has 0 spiro atoms. The van der Waals surface area contributed by atoms with Crippen molar-refractivity contribution < 1.29 is 4.39 Å². The molecule has 0 radical (unpaired) electrons. The zero-order valence-electron chi connectivity index (χ0n) is 7.72. The van der Waals surface area contributed by atoms with E-state index in [-0.39, 0.29) is 5.82 Å². The highest BCUT2D eigenvalue weighted by Gasteiger charge is 2.04. The Morgan fingerprint density at radius 2 is 1.80 bits per heavy atom. The highest BCUT2D eigenvalue weighted by Crippen LogP contribution is 2.27. The molecule has 3 rings (SSSR count). The van der Waals surface area contributed by atoms with Gasteiger partial charge in [0.05, 0.1) is 0 Å². The molecule has 0 aliphatic rings. The van der Waals surface area contributed by atoms with Crippen LogP contribution in [0.25, 0.3) is 21.8 Å². The molecule has 0 bridgehead atoms. The number of fused-ring (bicyclic) bond motifs is 3. The molecule has 0 aliphatic heterocycles. The predicted molar refractivity (Wildman–Crippen MR) is 60.8 cm³/mol. The lowest BCUT2D eigenvalue weighted by Crippen LogP contribution is -1.71. The van der Waals surface area contributed by atoms with E-state index < -0.39 is 0 Å². The van der Waals surface area contributed by atoms with Gasteiger partial charge in [0.2, 0.25) is 0 Å². The van der Waals surface area contributed by atoms with Crippen molar-refractivity contribution in [2.75, 3.05) is 0 Å². The molecule has 74 valence electrons. The van der Waals surface area contributed by atoms with Crippen LogP contribution in [0, 0.1) is 5.82 Å². The molecule has 2 aromatic carbocycles. The molecule has 1 N–H and O–H groups in total. The van der Waals surface area contributed by atoms with Gasteiger partial charge in [0.25, 0.3) is 0 Å². The molecular formula is C12H7ClFN. The minimum Gasteiger partial charge on any atom is -0.354 e. The highest BCUT2D eigenvalue weighted by molar-refractivity contribution is 6.31. The molecule has 1 aromatic heterocycles. The van der Waals surface area contributed by atoms with E-state index in [0.29, 0.717) is 5.02 Å². The summed E-state index contributed by atoms with van der Waals surface area (Å²) < 4.78 is 13.1. The SMILES string of the molecule is Fc1ccc2[nH]c3cc(Cl)ccc3c2c1. The van der Waals surface area contributed by atoms with Gasteiger partial charge in [-0.15, -0.1) is 0 Å². The Labute approximate surface area is 90.5 Å². The number of aromatic amines is 1. The van der Waals surface area contributed by atoms with E-state index in [9.17, 15) is 4.39 Å². The van der Waals surface area contributed by atoms with Crippen LogP contribution in [0.1, 0.15) is 0 Å². The van der Waals surface area contributed by atoms with E-state index in [1.165, 1.54) is 12.1 Å². The monoisotopic (exact) mass is 219 g/mol. The first kappa shape index (κ1) is 8.74. The van der Waals surface area contributed by atoms with E-state index in [1.807, 2.05) is 18.2 Å². The molecule has 0 unspecified atom stereocenters. The first-order valence-electron chi connectivity index (χ1n) is 4.60. The van der Waals surface area contributed by atoms with Crippen molar-refractivity contribution in [3.63, 3.8) is 0 Å². The Morgan fingerprint density at radius 3 is 2.67 bits per heavy atom. The highest BCUT2D eigenvalue weighted by atomic mass is 35.5. The van der Waals surface area contributed by atoms with Crippen LogP contribution in [0.4, 0.5) is 4.39 Å². The van der Waals surface area contributed by atoms with Crippen LogP contribution in [-0.2, 0) is 0 Å². The van der Waals surface area contributed by atoms with E-state index in [1.54, 1.807) is 6.07 Å². The van der Waals surface area contributed by atoms with Gasteiger partial charge in [0.1, 0.15) is 5.82 Å². The first-order chi connectivity index (χ1) is 7.24.